The third kappa shape index (κ3) is 4.63. The van der Waals surface area contributed by atoms with Gasteiger partial charge >= 0.3 is 12.1 Å². The lowest BCUT2D eigenvalue weighted by molar-refractivity contribution is -0.139. The van der Waals surface area contributed by atoms with Gasteiger partial charge in [0, 0.05) is 19.1 Å². The summed E-state index contributed by atoms with van der Waals surface area (Å²) in [6, 6.07) is 5.18. The SMILES string of the molecule is CCN(CC(=O)O)C1CCN(c2ccc(C(F)(F)F)cc2C#N)CC1. The molecule has 1 heterocycles. The second-order valence-electron chi connectivity index (χ2n) is 6.02. The van der Waals surface area contributed by atoms with Crippen LogP contribution in [0.25, 0.3) is 0 Å². The van der Waals surface area contributed by atoms with E-state index in [0.717, 1.165) is 12.1 Å². The van der Waals surface area contributed by atoms with Crippen molar-refractivity contribution < 1.29 is 23.1 Å². The third-order valence-corrected chi connectivity index (χ3v) is 4.51. The maximum Gasteiger partial charge on any atom is 0.416 e. The van der Waals surface area contributed by atoms with E-state index in [4.69, 9.17) is 5.11 Å². The zero-order valence-corrected chi connectivity index (χ0v) is 13.9. The lowest BCUT2D eigenvalue weighted by Gasteiger charge is -2.38. The van der Waals surface area contributed by atoms with Crippen LogP contribution in [0.1, 0.15) is 30.9 Å². The maximum absolute atomic E-state index is 12.8. The Morgan fingerprint density at radius 3 is 2.52 bits per heavy atom. The van der Waals surface area contributed by atoms with Crippen LogP contribution >= 0.6 is 0 Å². The topological polar surface area (TPSA) is 67.6 Å². The summed E-state index contributed by atoms with van der Waals surface area (Å²) in [7, 11) is 0. The number of alkyl halides is 3. The molecular formula is C17H20F3N3O2. The molecule has 0 aromatic heterocycles. The van der Waals surface area contributed by atoms with E-state index in [1.807, 2.05) is 22.8 Å². The Balaban J connectivity index is 2.10. The summed E-state index contributed by atoms with van der Waals surface area (Å²) in [5.74, 6) is -0.876. The van der Waals surface area contributed by atoms with Gasteiger partial charge in [0.2, 0.25) is 0 Å². The van der Waals surface area contributed by atoms with Crippen LogP contribution in [0, 0.1) is 11.3 Å². The van der Waals surface area contributed by atoms with Crippen molar-refractivity contribution in [3.8, 4) is 6.07 Å². The van der Waals surface area contributed by atoms with Gasteiger partial charge in [-0.3, -0.25) is 9.69 Å². The number of benzene rings is 1. The molecule has 5 nitrogen and oxygen atoms in total. The van der Waals surface area contributed by atoms with Gasteiger partial charge in [0.05, 0.1) is 23.4 Å². The molecule has 1 aromatic carbocycles. The van der Waals surface area contributed by atoms with Crippen LogP contribution < -0.4 is 4.90 Å². The summed E-state index contributed by atoms with van der Waals surface area (Å²) < 4.78 is 38.4. The highest BCUT2D eigenvalue weighted by atomic mass is 19.4. The van der Waals surface area contributed by atoms with Crippen molar-refractivity contribution in [2.24, 2.45) is 0 Å². The van der Waals surface area contributed by atoms with Gasteiger partial charge in [-0.05, 0) is 37.6 Å². The molecule has 1 aliphatic rings. The van der Waals surface area contributed by atoms with Crippen molar-refractivity contribution in [1.82, 2.24) is 4.90 Å². The second kappa shape index (κ2) is 7.74. The van der Waals surface area contributed by atoms with Gasteiger partial charge in [0.25, 0.3) is 0 Å². The van der Waals surface area contributed by atoms with Crippen molar-refractivity contribution >= 4 is 11.7 Å². The van der Waals surface area contributed by atoms with Crippen LogP contribution in [0.15, 0.2) is 18.2 Å². The molecule has 0 amide bonds. The number of hydrogen-bond acceptors (Lipinski definition) is 4. The largest absolute Gasteiger partial charge is 0.480 e. The summed E-state index contributed by atoms with van der Waals surface area (Å²) in [6.07, 6.45) is -3.07. The predicted molar refractivity (Wildman–Crippen MR) is 86.3 cm³/mol. The van der Waals surface area contributed by atoms with E-state index in [0.29, 0.717) is 38.2 Å². The monoisotopic (exact) mass is 355 g/mol. The summed E-state index contributed by atoms with van der Waals surface area (Å²) in [5.41, 5.74) is -0.331. The Kier molecular flexibility index (Phi) is 5.90. The first-order valence-corrected chi connectivity index (χ1v) is 8.08. The average molecular weight is 355 g/mol. The van der Waals surface area contributed by atoms with Crippen molar-refractivity contribution in [1.29, 1.82) is 5.26 Å². The van der Waals surface area contributed by atoms with E-state index in [9.17, 15) is 23.2 Å². The number of likely N-dealkylation sites (N-methyl/N-ethyl adjacent to an activating group) is 1. The molecule has 0 aliphatic carbocycles. The quantitative estimate of drug-likeness (QED) is 0.880. The number of anilines is 1. The fourth-order valence-electron chi connectivity index (χ4n) is 3.22. The number of carboxylic acid groups (broad SMARTS) is 1. The molecular weight excluding hydrogens is 335 g/mol. The highest BCUT2D eigenvalue weighted by Crippen LogP contribution is 2.33. The van der Waals surface area contributed by atoms with Crippen LogP contribution in [0.2, 0.25) is 0 Å². The van der Waals surface area contributed by atoms with Crippen molar-refractivity contribution in [3.63, 3.8) is 0 Å². The number of rotatable bonds is 5. The summed E-state index contributed by atoms with van der Waals surface area (Å²) in [5, 5.41) is 18.2. The maximum atomic E-state index is 12.8. The summed E-state index contributed by atoms with van der Waals surface area (Å²) >= 11 is 0. The zero-order valence-electron chi connectivity index (χ0n) is 13.9. The standard InChI is InChI=1S/C17H20F3N3O2/c1-2-22(11-16(24)25)14-5-7-23(8-6-14)15-4-3-13(17(18,19)20)9-12(15)10-21/h3-4,9,14H,2,5-8,11H2,1H3,(H,24,25). The van der Waals surface area contributed by atoms with E-state index >= 15 is 0 Å². The molecule has 0 radical (unpaired) electrons. The van der Waals surface area contributed by atoms with Gasteiger partial charge < -0.3 is 10.0 Å². The number of piperidine rings is 1. The fourth-order valence-corrected chi connectivity index (χ4v) is 3.22. The van der Waals surface area contributed by atoms with E-state index in [-0.39, 0.29) is 18.2 Å². The smallest absolute Gasteiger partial charge is 0.416 e. The average Bonchev–Trinajstić information content (AvgIpc) is 2.58. The molecule has 8 heteroatoms. The first-order valence-electron chi connectivity index (χ1n) is 8.08. The number of halogens is 3. The molecule has 136 valence electrons. The molecule has 0 atom stereocenters. The zero-order chi connectivity index (χ0) is 18.6. The Morgan fingerprint density at radius 2 is 2.04 bits per heavy atom. The van der Waals surface area contributed by atoms with Crippen LogP contribution in [-0.2, 0) is 11.0 Å². The molecule has 0 unspecified atom stereocenters. The first-order chi connectivity index (χ1) is 11.8. The van der Waals surface area contributed by atoms with Crippen LogP contribution in [-0.4, -0.2) is 48.2 Å². The Labute approximate surface area is 144 Å². The number of aliphatic carboxylic acids is 1. The lowest BCUT2D eigenvalue weighted by atomic mass is 10.0. The number of hydrogen-bond donors (Lipinski definition) is 1. The number of carbonyl (C=O) groups is 1. The Bertz CT molecular complexity index is 662. The van der Waals surface area contributed by atoms with E-state index in [2.05, 4.69) is 0 Å². The first kappa shape index (κ1) is 19.1. The van der Waals surface area contributed by atoms with E-state index in [1.165, 1.54) is 6.07 Å². The number of carboxylic acids is 1. The molecule has 1 aliphatic heterocycles. The van der Waals surface area contributed by atoms with Gasteiger partial charge in [-0.1, -0.05) is 6.92 Å². The molecule has 1 fully saturated rings. The predicted octanol–water partition coefficient (Wildman–Crippen LogP) is 2.95. The Morgan fingerprint density at radius 1 is 1.40 bits per heavy atom. The minimum atomic E-state index is -4.48. The van der Waals surface area contributed by atoms with Crippen LogP contribution in [0.4, 0.5) is 18.9 Å². The van der Waals surface area contributed by atoms with Crippen LogP contribution in [0.3, 0.4) is 0 Å². The van der Waals surface area contributed by atoms with Gasteiger partial charge in [0.1, 0.15) is 6.07 Å². The number of nitrogens with zero attached hydrogens (tertiary/aromatic N) is 3. The summed E-state index contributed by atoms with van der Waals surface area (Å²) in [4.78, 5) is 14.7. The van der Waals surface area contributed by atoms with Gasteiger partial charge in [-0.2, -0.15) is 18.4 Å². The normalized spacial score (nSPS) is 16.1. The minimum Gasteiger partial charge on any atom is -0.480 e. The second-order valence-corrected chi connectivity index (χ2v) is 6.02. The van der Waals surface area contributed by atoms with Crippen molar-refractivity contribution in [3.05, 3.63) is 29.3 Å². The minimum absolute atomic E-state index is 0.00570. The third-order valence-electron chi connectivity index (χ3n) is 4.51. The highest BCUT2D eigenvalue weighted by molar-refractivity contribution is 5.69. The molecule has 0 saturated carbocycles. The van der Waals surface area contributed by atoms with Gasteiger partial charge in [-0.25, -0.2) is 0 Å². The van der Waals surface area contributed by atoms with Crippen molar-refractivity contribution in [2.75, 3.05) is 31.1 Å². The molecule has 25 heavy (non-hydrogen) atoms. The van der Waals surface area contributed by atoms with E-state index < -0.39 is 17.7 Å². The summed E-state index contributed by atoms with van der Waals surface area (Å²) in [6.45, 7) is 3.65. The highest BCUT2D eigenvalue weighted by Gasteiger charge is 2.32. The molecule has 0 spiro atoms. The number of nitriles is 1. The lowest BCUT2D eigenvalue weighted by Crippen LogP contribution is -2.46. The van der Waals surface area contributed by atoms with Gasteiger partial charge in [0.15, 0.2) is 0 Å². The van der Waals surface area contributed by atoms with E-state index in [1.54, 1.807) is 0 Å². The Hall–Kier alpha value is -2.27. The van der Waals surface area contributed by atoms with Crippen molar-refractivity contribution in [2.45, 2.75) is 32.0 Å². The molecule has 0 bridgehead atoms. The van der Waals surface area contributed by atoms with Gasteiger partial charge in [-0.15, -0.1) is 0 Å². The molecule has 1 saturated heterocycles. The molecule has 1 N–H and O–H groups in total. The van der Waals surface area contributed by atoms with Crippen LogP contribution in [0.5, 0.6) is 0 Å². The fraction of sp³-hybridized carbons (Fsp3) is 0.529. The molecule has 2 rings (SSSR count). The molecule has 1 aromatic rings.